The molecule has 29 heavy (non-hydrogen) atoms. The number of rotatable bonds is 10. The Kier molecular flexibility index (Phi) is 10.4. The molecule has 1 atom stereocenters. The molecule has 11 nitrogen and oxygen atoms in total. The molecule has 0 aromatic heterocycles. The fourth-order valence-corrected chi connectivity index (χ4v) is 2.90. The van der Waals surface area contributed by atoms with E-state index in [9.17, 15) is 19.5 Å². The van der Waals surface area contributed by atoms with Gasteiger partial charge in [0.2, 0.25) is 0 Å². The number of amides is 3. The summed E-state index contributed by atoms with van der Waals surface area (Å²) in [5, 5.41) is 53.1. The number of carbonyl (C=O) groups is 3. The molecule has 0 unspecified atom stereocenters. The average molecular weight is 525 g/mol. The summed E-state index contributed by atoms with van der Waals surface area (Å²) < 4.78 is 0.192. The zero-order valence-electron chi connectivity index (χ0n) is 15.6. The number of aliphatic hydroxyl groups is 5. The first kappa shape index (κ1) is 25.2. The van der Waals surface area contributed by atoms with Gasteiger partial charge in [0.15, 0.2) is 0 Å². The van der Waals surface area contributed by atoms with Gasteiger partial charge in [-0.15, -0.1) is 0 Å². The van der Waals surface area contributed by atoms with Crippen molar-refractivity contribution in [2.24, 2.45) is 0 Å². The molecule has 0 radical (unpaired) electrons. The second-order valence-electron chi connectivity index (χ2n) is 6.12. The predicted molar refractivity (Wildman–Crippen MR) is 110 cm³/mol. The van der Waals surface area contributed by atoms with Gasteiger partial charge in [0.25, 0.3) is 17.7 Å². The number of anilines is 1. The minimum atomic E-state index is -1.34. The number of halogens is 1. The number of nitrogens with one attached hydrogen (secondary N) is 3. The second-order valence-corrected chi connectivity index (χ2v) is 7.20. The molecule has 1 aromatic rings. The molecule has 12 heteroatoms. The van der Waals surface area contributed by atoms with Crippen LogP contribution in [-0.2, 0) is 4.79 Å². The monoisotopic (exact) mass is 525 g/mol. The molecule has 0 bridgehead atoms. The van der Waals surface area contributed by atoms with Crippen molar-refractivity contribution in [2.75, 3.05) is 31.7 Å². The zero-order chi connectivity index (χ0) is 22.1. The Hall–Kier alpha value is -1.84. The molecule has 1 aromatic carbocycles. The normalized spacial score (nSPS) is 12.0. The van der Waals surface area contributed by atoms with Crippen molar-refractivity contribution in [3.8, 4) is 0 Å². The Bertz CT molecular complexity index is 688. The molecule has 3 amide bonds. The van der Waals surface area contributed by atoms with Crippen LogP contribution in [0.1, 0.15) is 27.6 Å². The number of hydrogen-bond acceptors (Lipinski definition) is 8. The van der Waals surface area contributed by atoms with Gasteiger partial charge >= 0.3 is 0 Å². The number of aliphatic hydroxyl groups excluding tert-OH is 5. The van der Waals surface area contributed by atoms with E-state index in [1.54, 1.807) is 22.6 Å². The quantitative estimate of drug-likeness (QED) is 0.158. The summed E-state index contributed by atoms with van der Waals surface area (Å²) in [6, 6.07) is 0.685. The summed E-state index contributed by atoms with van der Waals surface area (Å²) >= 11 is 1.74. The topological polar surface area (TPSA) is 188 Å². The van der Waals surface area contributed by atoms with E-state index in [4.69, 9.17) is 20.4 Å². The van der Waals surface area contributed by atoms with Crippen molar-refractivity contribution >= 4 is 46.0 Å². The minimum absolute atomic E-state index is 0.0319. The molecule has 0 saturated heterocycles. The Balaban J connectivity index is 3.36. The second kappa shape index (κ2) is 12.0. The lowest BCUT2D eigenvalue weighted by atomic mass is 10.1. The van der Waals surface area contributed by atoms with Crippen LogP contribution in [0, 0.1) is 3.57 Å². The highest BCUT2D eigenvalue weighted by molar-refractivity contribution is 14.1. The summed E-state index contributed by atoms with van der Waals surface area (Å²) in [6.07, 6.45) is -1.34. The summed E-state index contributed by atoms with van der Waals surface area (Å²) in [5.41, 5.74) is -0.0214. The van der Waals surface area contributed by atoms with E-state index in [-0.39, 0.29) is 20.4 Å². The van der Waals surface area contributed by atoms with E-state index >= 15 is 0 Å². The fraction of sp³-hybridized carbons (Fsp3) is 0.471. The van der Waals surface area contributed by atoms with Crippen LogP contribution in [0.4, 0.5) is 5.69 Å². The van der Waals surface area contributed by atoms with Gasteiger partial charge in [-0.25, -0.2) is 0 Å². The molecule has 8 N–H and O–H groups in total. The molecule has 1 rings (SSSR count). The van der Waals surface area contributed by atoms with Crippen molar-refractivity contribution in [1.29, 1.82) is 0 Å². The van der Waals surface area contributed by atoms with Crippen LogP contribution < -0.4 is 16.0 Å². The van der Waals surface area contributed by atoms with Crippen LogP contribution in [0.3, 0.4) is 0 Å². The Morgan fingerprint density at radius 2 is 1.28 bits per heavy atom. The van der Waals surface area contributed by atoms with E-state index in [0.29, 0.717) is 0 Å². The molecule has 0 heterocycles. The van der Waals surface area contributed by atoms with Crippen LogP contribution in [-0.4, -0.2) is 87.9 Å². The maximum absolute atomic E-state index is 12.6. The third-order valence-electron chi connectivity index (χ3n) is 3.76. The molecular weight excluding hydrogens is 501 g/mol. The van der Waals surface area contributed by atoms with Crippen molar-refractivity contribution < 1.29 is 39.9 Å². The highest BCUT2D eigenvalue weighted by Crippen LogP contribution is 2.24. The lowest BCUT2D eigenvalue weighted by molar-refractivity contribution is -0.123. The first-order valence-corrected chi connectivity index (χ1v) is 9.63. The molecule has 0 fully saturated rings. The molecule has 0 aliphatic rings. The summed E-state index contributed by atoms with van der Waals surface area (Å²) in [5.74, 6) is -2.20. The molecule has 162 valence electrons. The highest BCUT2D eigenvalue weighted by atomic mass is 127. The van der Waals surface area contributed by atoms with E-state index in [0.717, 1.165) is 0 Å². The third-order valence-corrected chi connectivity index (χ3v) is 4.92. The molecule has 0 aliphatic carbocycles. The molecular formula is C17H24IN3O8. The number of hydrogen-bond donors (Lipinski definition) is 8. The van der Waals surface area contributed by atoms with Gasteiger partial charge < -0.3 is 41.5 Å². The number of benzene rings is 1. The van der Waals surface area contributed by atoms with Gasteiger partial charge in [-0.05, 0) is 41.6 Å². The zero-order valence-corrected chi connectivity index (χ0v) is 17.7. The van der Waals surface area contributed by atoms with Crippen molar-refractivity contribution in [1.82, 2.24) is 10.6 Å². The Labute approximate surface area is 180 Å². The van der Waals surface area contributed by atoms with Gasteiger partial charge in [0.1, 0.15) is 6.10 Å². The van der Waals surface area contributed by atoms with Gasteiger partial charge in [-0.2, -0.15) is 0 Å². The van der Waals surface area contributed by atoms with Crippen molar-refractivity contribution in [2.45, 2.75) is 25.1 Å². The summed E-state index contributed by atoms with van der Waals surface area (Å²) in [4.78, 5) is 36.9. The smallest absolute Gasteiger partial charge is 0.252 e. The average Bonchev–Trinajstić information content (AvgIpc) is 2.70. The summed E-state index contributed by atoms with van der Waals surface area (Å²) in [6.45, 7) is -0.819. The van der Waals surface area contributed by atoms with Crippen molar-refractivity contribution in [3.05, 3.63) is 26.8 Å². The van der Waals surface area contributed by atoms with E-state index in [2.05, 4.69) is 16.0 Å². The van der Waals surface area contributed by atoms with Crippen molar-refractivity contribution in [3.63, 3.8) is 0 Å². The highest BCUT2D eigenvalue weighted by Gasteiger charge is 2.23. The predicted octanol–water partition coefficient (Wildman–Crippen LogP) is -2.22. The SMILES string of the molecule is C[C@H](O)C(=O)Nc1cc(C(=O)NC(CO)CO)c(I)c(C(=O)NC(CO)CO)c1. The first-order chi connectivity index (χ1) is 13.7. The van der Waals surface area contributed by atoms with Gasteiger partial charge in [0, 0.05) is 9.26 Å². The largest absolute Gasteiger partial charge is 0.394 e. The van der Waals surface area contributed by atoms with Gasteiger partial charge in [0.05, 0.1) is 49.6 Å². The minimum Gasteiger partial charge on any atom is -0.394 e. The van der Waals surface area contributed by atoms with Crippen LogP contribution in [0.2, 0.25) is 0 Å². The van der Waals surface area contributed by atoms with E-state index in [1.165, 1.54) is 19.1 Å². The first-order valence-electron chi connectivity index (χ1n) is 8.56. The van der Waals surface area contributed by atoms with Crippen LogP contribution in [0.15, 0.2) is 12.1 Å². The lowest BCUT2D eigenvalue weighted by Gasteiger charge is -2.19. The molecule has 0 spiro atoms. The lowest BCUT2D eigenvalue weighted by Crippen LogP contribution is -2.42. The van der Waals surface area contributed by atoms with Gasteiger partial charge in [-0.3, -0.25) is 14.4 Å². The maximum Gasteiger partial charge on any atom is 0.252 e. The Morgan fingerprint density at radius 1 is 0.897 bits per heavy atom. The number of carbonyl (C=O) groups excluding carboxylic acids is 3. The van der Waals surface area contributed by atoms with E-state index in [1.807, 2.05) is 0 Å². The fourth-order valence-electron chi connectivity index (χ4n) is 2.10. The summed E-state index contributed by atoms with van der Waals surface area (Å²) in [7, 11) is 0. The third kappa shape index (κ3) is 7.17. The van der Waals surface area contributed by atoms with E-state index < -0.39 is 62.3 Å². The maximum atomic E-state index is 12.6. The Morgan fingerprint density at radius 3 is 1.59 bits per heavy atom. The van der Waals surface area contributed by atoms with Crippen LogP contribution in [0.5, 0.6) is 0 Å². The molecule has 0 aliphatic heterocycles. The van der Waals surface area contributed by atoms with Crippen LogP contribution >= 0.6 is 22.6 Å². The molecule has 0 saturated carbocycles. The van der Waals surface area contributed by atoms with Crippen LogP contribution in [0.25, 0.3) is 0 Å². The van der Waals surface area contributed by atoms with Gasteiger partial charge in [-0.1, -0.05) is 0 Å². The standard InChI is InChI=1S/C17H24IN3O8/c1-8(26)15(27)19-9-2-12(16(28)20-10(4-22)5-23)14(18)13(3-9)17(29)21-11(6-24)7-25/h2-3,8,10-11,22-26H,4-7H2,1H3,(H,19,27)(H,20,28)(H,21,29)/t8-/m0/s1.